The molecule has 98 valence electrons. The van der Waals surface area contributed by atoms with Crippen molar-refractivity contribution in [3.63, 3.8) is 0 Å². The number of benzene rings is 1. The molecule has 0 aliphatic carbocycles. The summed E-state index contributed by atoms with van der Waals surface area (Å²) in [6, 6.07) is 14.5. The first-order chi connectivity index (χ1) is 9.33. The maximum absolute atomic E-state index is 12.1. The molecule has 1 aliphatic heterocycles. The topological polar surface area (TPSA) is 20.3 Å². The van der Waals surface area contributed by atoms with E-state index in [0.29, 0.717) is 12.5 Å². The van der Waals surface area contributed by atoms with Crippen molar-refractivity contribution >= 4 is 17.1 Å². The molecule has 3 heteroatoms. The van der Waals surface area contributed by atoms with Crippen molar-refractivity contribution in [3.05, 3.63) is 58.3 Å². The summed E-state index contributed by atoms with van der Waals surface area (Å²) in [5, 5.41) is 1.96. The molecule has 1 atom stereocenters. The first-order valence-corrected chi connectivity index (χ1v) is 7.55. The van der Waals surface area contributed by atoms with Crippen molar-refractivity contribution in [1.82, 2.24) is 4.90 Å². The molecule has 1 unspecified atom stereocenters. The van der Waals surface area contributed by atoms with Crippen LogP contribution < -0.4 is 0 Å². The van der Waals surface area contributed by atoms with Crippen LogP contribution >= 0.6 is 11.3 Å². The Morgan fingerprint density at radius 1 is 1.21 bits per heavy atom. The molecule has 2 aromatic rings. The van der Waals surface area contributed by atoms with E-state index in [2.05, 4.69) is 35.2 Å². The van der Waals surface area contributed by atoms with Gasteiger partial charge < -0.3 is 0 Å². The summed E-state index contributed by atoms with van der Waals surface area (Å²) >= 11 is 1.54. The molecule has 1 aromatic carbocycles. The summed E-state index contributed by atoms with van der Waals surface area (Å²) in [4.78, 5) is 15.2. The molecule has 3 rings (SSSR count). The van der Waals surface area contributed by atoms with Crippen molar-refractivity contribution in [2.45, 2.75) is 12.3 Å². The largest absolute Gasteiger partial charge is 0.295 e. The Bertz CT molecular complexity index is 535. The Kier molecular flexibility index (Phi) is 3.76. The van der Waals surface area contributed by atoms with Crippen LogP contribution in [0, 0.1) is 0 Å². The third-order valence-corrected chi connectivity index (χ3v) is 4.62. The van der Waals surface area contributed by atoms with Crippen LogP contribution in [-0.4, -0.2) is 30.3 Å². The third-order valence-electron chi connectivity index (χ3n) is 3.71. The second-order valence-electron chi connectivity index (χ2n) is 5.03. The number of carbonyl (C=O) groups excluding carboxylic acids is 1. The second kappa shape index (κ2) is 5.68. The quantitative estimate of drug-likeness (QED) is 0.794. The van der Waals surface area contributed by atoms with Crippen LogP contribution in [0.5, 0.6) is 0 Å². The summed E-state index contributed by atoms with van der Waals surface area (Å²) in [7, 11) is 0. The molecule has 0 radical (unpaired) electrons. The minimum Gasteiger partial charge on any atom is -0.295 e. The van der Waals surface area contributed by atoms with Crippen molar-refractivity contribution in [2.75, 3.05) is 19.6 Å². The zero-order valence-electron chi connectivity index (χ0n) is 10.8. The Morgan fingerprint density at radius 2 is 2.05 bits per heavy atom. The number of hydrogen-bond donors (Lipinski definition) is 0. The summed E-state index contributed by atoms with van der Waals surface area (Å²) in [5.74, 6) is 0.834. The van der Waals surface area contributed by atoms with E-state index in [1.54, 1.807) is 0 Å². The van der Waals surface area contributed by atoms with Gasteiger partial charge in [-0.2, -0.15) is 0 Å². The molecular weight excluding hydrogens is 254 g/mol. The SMILES string of the molecule is O=C(CN1CCC(c2ccccc2)C1)c1cccs1. The van der Waals surface area contributed by atoms with Gasteiger partial charge in [-0.3, -0.25) is 9.69 Å². The van der Waals surface area contributed by atoms with Gasteiger partial charge in [0.15, 0.2) is 5.78 Å². The molecule has 19 heavy (non-hydrogen) atoms. The fraction of sp³-hybridized carbons (Fsp3) is 0.312. The zero-order valence-corrected chi connectivity index (χ0v) is 11.6. The van der Waals surface area contributed by atoms with Crippen LogP contribution in [0.15, 0.2) is 47.8 Å². The first-order valence-electron chi connectivity index (χ1n) is 6.67. The van der Waals surface area contributed by atoms with Gasteiger partial charge in [-0.1, -0.05) is 36.4 Å². The van der Waals surface area contributed by atoms with Gasteiger partial charge >= 0.3 is 0 Å². The van der Waals surface area contributed by atoms with E-state index >= 15 is 0 Å². The minimum absolute atomic E-state index is 0.253. The number of thiophene rings is 1. The number of carbonyl (C=O) groups is 1. The molecule has 1 fully saturated rings. The molecule has 2 nitrogen and oxygen atoms in total. The summed E-state index contributed by atoms with van der Waals surface area (Å²) in [5.41, 5.74) is 1.40. The molecule has 0 saturated carbocycles. The highest BCUT2D eigenvalue weighted by atomic mass is 32.1. The van der Waals surface area contributed by atoms with Gasteiger partial charge in [0.1, 0.15) is 0 Å². The molecule has 1 aliphatic rings. The van der Waals surface area contributed by atoms with Crippen molar-refractivity contribution in [1.29, 1.82) is 0 Å². The highest BCUT2D eigenvalue weighted by molar-refractivity contribution is 7.12. The Balaban J connectivity index is 1.59. The van der Waals surface area contributed by atoms with Crippen molar-refractivity contribution in [3.8, 4) is 0 Å². The van der Waals surface area contributed by atoms with E-state index in [1.807, 2.05) is 17.5 Å². The summed E-state index contributed by atoms with van der Waals surface area (Å²) < 4.78 is 0. The number of ketones is 1. The number of rotatable bonds is 4. The van der Waals surface area contributed by atoms with Gasteiger partial charge in [0, 0.05) is 6.54 Å². The van der Waals surface area contributed by atoms with E-state index in [-0.39, 0.29) is 5.78 Å². The van der Waals surface area contributed by atoms with Crippen LogP contribution in [0.2, 0.25) is 0 Å². The molecule has 0 amide bonds. The lowest BCUT2D eigenvalue weighted by molar-refractivity contribution is 0.0948. The predicted molar refractivity (Wildman–Crippen MR) is 78.9 cm³/mol. The van der Waals surface area contributed by atoms with Gasteiger partial charge in [-0.05, 0) is 35.9 Å². The number of hydrogen-bond acceptors (Lipinski definition) is 3. The van der Waals surface area contributed by atoms with E-state index < -0.39 is 0 Å². The van der Waals surface area contributed by atoms with E-state index in [9.17, 15) is 4.79 Å². The van der Waals surface area contributed by atoms with Crippen LogP contribution in [0.4, 0.5) is 0 Å². The average Bonchev–Trinajstić information content (AvgIpc) is 3.11. The van der Waals surface area contributed by atoms with Gasteiger partial charge in [0.05, 0.1) is 11.4 Å². The Morgan fingerprint density at radius 3 is 2.79 bits per heavy atom. The van der Waals surface area contributed by atoms with E-state index in [1.165, 1.54) is 16.9 Å². The van der Waals surface area contributed by atoms with Gasteiger partial charge in [-0.25, -0.2) is 0 Å². The van der Waals surface area contributed by atoms with Crippen molar-refractivity contribution in [2.24, 2.45) is 0 Å². The standard InChI is InChI=1S/C16H17NOS/c18-15(16-7-4-10-19-16)12-17-9-8-14(11-17)13-5-2-1-3-6-13/h1-7,10,14H,8-9,11-12H2. The maximum Gasteiger partial charge on any atom is 0.186 e. The monoisotopic (exact) mass is 271 g/mol. The van der Waals surface area contributed by atoms with Crippen LogP contribution in [-0.2, 0) is 0 Å². The average molecular weight is 271 g/mol. The highest BCUT2D eigenvalue weighted by Crippen LogP contribution is 2.27. The number of likely N-dealkylation sites (tertiary alicyclic amines) is 1. The molecular formula is C16H17NOS. The minimum atomic E-state index is 0.253. The second-order valence-corrected chi connectivity index (χ2v) is 5.98. The molecule has 1 aromatic heterocycles. The third kappa shape index (κ3) is 2.94. The lowest BCUT2D eigenvalue weighted by Crippen LogP contribution is -2.27. The zero-order chi connectivity index (χ0) is 13.1. The molecule has 0 spiro atoms. The summed E-state index contributed by atoms with van der Waals surface area (Å²) in [6.07, 6.45) is 1.15. The molecule has 2 heterocycles. The smallest absolute Gasteiger partial charge is 0.186 e. The van der Waals surface area contributed by atoms with E-state index in [4.69, 9.17) is 0 Å². The van der Waals surface area contributed by atoms with Gasteiger partial charge in [0.25, 0.3) is 0 Å². The van der Waals surface area contributed by atoms with Crippen molar-refractivity contribution < 1.29 is 4.79 Å². The predicted octanol–water partition coefficient (Wildman–Crippen LogP) is 3.42. The van der Waals surface area contributed by atoms with Crippen LogP contribution in [0.3, 0.4) is 0 Å². The molecule has 0 bridgehead atoms. The fourth-order valence-electron chi connectivity index (χ4n) is 2.69. The maximum atomic E-state index is 12.1. The highest BCUT2D eigenvalue weighted by Gasteiger charge is 2.25. The van der Waals surface area contributed by atoms with Crippen LogP contribution in [0.25, 0.3) is 0 Å². The normalized spacial score (nSPS) is 19.7. The van der Waals surface area contributed by atoms with Crippen LogP contribution in [0.1, 0.15) is 27.6 Å². The Labute approximate surface area is 117 Å². The number of nitrogens with zero attached hydrogens (tertiary/aromatic N) is 1. The molecule has 0 N–H and O–H groups in total. The van der Waals surface area contributed by atoms with E-state index in [0.717, 1.165) is 24.4 Å². The fourth-order valence-corrected chi connectivity index (χ4v) is 3.35. The summed E-state index contributed by atoms with van der Waals surface area (Å²) in [6.45, 7) is 2.58. The molecule has 1 saturated heterocycles. The lowest BCUT2D eigenvalue weighted by atomic mass is 9.99. The van der Waals surface area contributed by atoms with Gasteiger partial charge in [-0.15, -0.1) is 11.3 Å². The first kappa shape index (κ1) is 12.6. The van der Waals surface area contributed by atoms with Gasteiger partial charge in [0.2, 0.25) is 0 Å². The Hall–Kier alpha value is -1.45. The number of Topliss-reactive ketones (excluding diaryl/α,β-unsaturated/α-hetero) is 1. The lowest BCUT2D eigenvalue weighted by Gasteiger charge is -2.14.